The molecule has 1 aromatic carbocycles. The summed E-state index contributed by atoms with van der Waals surface area (Å²) < 4.78 is 0. The lowest BCUT2D eigenvalue weighted by atomic mass is 9.85. The van der Waals surface area contributed by atoms with Gasteiger partial charge in [-0.15, -0.1) is 0 Å². The van der Waals surface area contributed by atoms with Crippen molar-refractivity contribution in [2.45, 2.75) is 33.6 Å². The number of hydrogen-bond acceptors (Lipinski definition) is 3. The highest BCUT2D eigenvalue weighted by atomic mass is 16.2. The molecule has 0 saturated heterocycles. The minimum atomic E-state index is -0.147. The Labute approximate surface area is 138 Å². The summed E-state index contributed by atoms with van der Waals surface area (Å²) in [6.07, 6.45) is 4.01. The molecule has 0 spiro atoms. The van der Waals surface area contributed by atoms with Crippen LogP contribution in [-0.2, 0) is 4.79 Å². The molecule has 2 rings (SSSR count). The Kier molecular flexibility index (Phi) is 5.74. The molecule has 0 bridgehead atoms. The van der Waals surface area contributed by atoms with E-state index in [9.17, 15) is 4.79 Å². The zero-order valence-electron chi connectivity index (χ0n) is 14.1. The lowest BCUT2D eigenvalue weighted by Crippen LogP contribution is -2.28. The van der Waals surface area contributed by atoms with Crippen LogP contribution >= 0.6 is 0 Å². The fraction of sp³-hybridized carbons (Fsp3) is 0.368. The van der Waals surface area contributed by atoms with E-state index in [1.54, 1.807) is 0 Å². The van der Waals surface area contributed by atoms with Gasteiger partial charge in [-0.1, -0.05) is 36.4 Å². The lowest BCUT2D eigenvalue weighted by Gasteiger charge is -2.22. The first kappa shape index (κ1) is 17.0. The van der Waals surface area contributed by atoms with E-state index in [-0.39, 0.29) is 12.5 Å². The van der Waals surface area contributed by atoms with Gasteiger partial charge in [0, 0.05) is 5.69 Å². The number of nitrogens with one attached hydrogen (secondary N) is 2. The van der Waals surface area contributed by atoms with Crippen molar-refractivity contribution in [2.24, 2.45) is 11.0 Å². The minimum absolute atomic E-state index is 0.147. The van der Waals surface area contributed by atoms with Gasteiger partial charge in [0.1, 0.15) is 0 Å². The zero-order chi connectivity index (χ0) is 16.8. The SMILES string of the molecule is C=C(C)C1CC=C(C)/C(=N\NC(=O)CNc2ccccc2C)C1. The highest BCUT2D eigenvalue weighted by molar-refractivity contribution is 6.01. The number of carbonyl (C=O) groups is 1. The van der Waals surface area contributed by atoms with Gasteiger partial charge in [0.05, 0.1) is 12.3 Å². The molecule has 4 heteroatoms. The maximum atomic E-state index is 12.0. The van der Waals surface area contributed by atoms with Gasteiger partial charge in [0.2, 0.25) is 0 Å². The third-order valence-electron chi connectivity index (χ3n) is 4.20. The largest absolute Gasteiger partial charge is 0.376 e. The molecule has 23 heavy (non-hydrogen) atoms. The van der Waals surface area contributed by atoms with Crippen LogP contribution in [0.3, 0.4) is 0 Å². The molecule has 4 nitrogen and oxygen atoms in total. The van der Waals surface area contributed by atoms with E-state index in [0.717, 1.165) is 41.0 Å². The molecule has 0 saturated carbocycles. The molecule has 0 fully saturated rings. The van der Waals surface area contributed by atoms with E-state index in [0.29, 0.717) is 5.92 Å². The summed E-state index contributed by atoms with van der Waals surface area (Å²) in [4.78, 5) is 12.0. The lowest BCUT2D eigenvalue weighted by molar-refractivity contribution is -0.119. The van der Waals surface area contributed by atoms with Crippen LogP contribution in [0.5, 0.6) is 0 Å². The molecule has 0 aromatic heterocycles. The highest BCUT2D eigenvalue weighted by Gasteiger charge is 2.18. The van der Waals surface area contributed by atoms with E-state index in [4.69, 9.17) is 0 Å². The van der Waals surface area contributed by atoms with Crippen molar-refractivity contribution >= 4 is 17.3 Å². The fourth-order valence-corrected chi connectivity index (χ4v) is 2.54. The van der Waals surface area contributed by atoms with Crippen molar-refractivity contribution < 1.29 is 4.79 Å². The molecule has 1 unspecified atom stereocenters. The van der Waals surface area contributed by atoms with Crippen molar-refractivity contribution in [3.8, 4) is 0 Å². The summed E-state index contributed by atoms with van der Waals surface area (Å²) in [5.74, 6) is 0.269. The van der Waals surface area contributed by atoms with Crippen molar-refractivity contribution in [1.29, 1.82) is 0 Å². The summed E-state index contributed by atoms with van der Waals surface area (Å²) in [6, 6.07) is 7.89. The third-order valence-corrected chi connectivity index (χ3v) is 4.20. The normalized spacial score (nSPS) is 19.2. The molecule has 1 amide bonds. The average molecular weight is 311 g/mol. The number of allylic oxidation sites excluding steroid dienone is 3. The van der Waals surface area contributed by atoms with Gasteiger partial charge in [-0.2, -0.15) is 5.10 Å². The molecule has 0 aliphatic heterocycles. The van der Waals surface area contributed by atoms with Crippen LogP contribution in [0.2, 0.25) is 0 Å². The first-order valence-electron chi connectivity index (χ1n) is 7.94. The van der Waals surface area contributed by atoms with Gasteiger partial charge in [-0.25, -0.2) is 5.43 Å². The minimum Gasteiger partial charge on any atom is -0.376 e. The van der Waals surface area contributed by atoms with E-state index in [1.807, 2.05) is 45.0 Å². The number of para-hydroxylation sites is 1. The average Bonchev–Trinajstić information content (AvgIpc) is 2.53. The predicted octanol–water partition coefficient (Wildman–Crippen LogP) is 3.81. The second kappa shape index (κ2) is 7.77. The van der Waals surface area contributed by atoms with Gasteiger partial charge in [0.15, 0.2) is 0 Å². The highest BCUT2D eigenvalue weighted by Crippen LogP contribution is 2.26. The molecule has 1 aliphatic carbocycles. The fourth-order valence-electron chi connectivity index (χ4n) is 2.54. The van der Waals surface area contributed by atoms with Gasteiger partial charge in [-0.3, -0.25) is 4.79 Å². The van der Waals surface area contributed by atoms with Gasteiger partial charge >= 0.3 is 0 Å². The first-order chi connectivity index (χ1) is 11.0. The van der Waals surface area contributed by atoms with Gasteiger partial charge in [0.25, 0.3) is 5.91 Å². The molecule has 1 atom stereocenters. The topological polar surface area (TPSA) is 53.5 Å². The Morgan fingerprint density at radius 2 is 2.09 bits per heavy atom. The molecule has 1 aromatic rings. The molecule has 1 aliphatic rings. The quantitative estimate of drug-likeness (QED) is 0.642. The molecule has 0 radical (unpaired) electrons. The Bertz CT molecular complexity index is 658. The van der Waals surface area contributed by atoms with E-state index in [2.05, 4.69) is 28.5 Å². The number of carbonyl (C=O) groups excluding carboxylic acids is 1. The number of benzene rings is 1. The predicted molar refractivity (Wildman–Crippen MR) is 96.5 cm³/mol. The van der Waals surface area contributed by atoms with Crippen LogP contribution < -0.4 is 10.7 Å². The van der Waals surface area contributed by atoms with Crippen molar-refractivity contribution in [3.05, 3.63) is 53.6 Å². The summed E-state index contributed by atoms with van der Waals surface area (Å²) >= 11 is 0. The van der Waals surface area contributed by atoms with Crippen molar-refractivity contribution in [2.75, 3.05) is 11.9 Å². The second-order valence-corrected chi connectivity index (χ2v) is 6.13. The monoisotopic (exact) mass is 311 g/mol. The summed E-state index contributed by atoms with van der Waals surface area (Å²) in [5, 5.41) is 7.43. The third kappa shape index (κ3) is 4.81. The summed E-state index contributed by atoms with van der Waals surface area (Å²) in [5.41, 5.74) is 7.96. The standard InChI is InChI=1S/C19H25N3O/c1-13(2)16-10-9-15(4)18(11-16)21-22-19(23)12-20-17-8-6-5-7-14(17)3/h5-9,16,20H,1,10-12H2,2-4H3,(H,22,23)/b21-18-. The Hall–Kier alpha value is -2.36. The number of aryl methyl sites for hydroxylation is 1. The Morgan fingerprint density at radius 3 is 2.78 bits per heavy atom. The van der Waals surface area contributed by atoms with Crippen LogP contribution in [-0.4, -0.2) is 18.2 Å². The summed E-state index contributed by atoms with van der Waals surface area (Å²) in [6.45, 7) is 10.3. The number of rotatable bonds is 5. The smallest absolute Gasteiger partial charge is 0.259 e. The molecule has 0 heterocycles. The van der Waals surface area contributed by atoms with Crippen molar-refractivity contribution in [3.63, 3.8) is 0 Å². The molecular weight excluding hydrogens is 286 g/mol. The van der Waals surface area contributed by atoms with Crippen LogP contribution in [0, 0.1) is 12.8 Å². The Morgan fingerprint density at radius 1 is 1.35 bits per heavy atom. The van der Waals surface area contributed by atoms with Gasteiger partial charge in [-0.05, 0) is 56.7 Å². The number of amides is 1. The van der Waals surface area contributed by atoms with Gasteiger partial charge < -0.3 is 5.32 Å². The maximum absolute atomic E-state index is 12.0. The van der Waals surface area contributed by atoms with Crippen LogP contribution in [0.4, 0.5) is 5.69 Å². The van der Waals surface area contributed by atoms with Crippen LogP contribution in [0.15, 0.2) is 53.2 Å². The number of anilines is 1. The van der Waals surface area contributed by atoms with E-state index in [1.165, 1.54) is 0 Å². The van der Waals surface area contributed by atoms with Crippen LogP contribution in [0.1, 0.15) is 32.3 Å². The van der Waals surface area contributed by atoms with E-state index < -0.39 is 0 Å². The molecule has 122 valence electrons. The molecule has 2 N–H and O–H groups in total. The molecular formula is C19H25N3O. The van der Waals surface area contributed by atoms with Crippen molar-refractivity contribution in [1.82, 2.24) is 5.43 Å². The van der Waals surface area contributed by atoms with Crippen LogP contribution in [0.25, 0.3) is 0 Å². The first-order valence-corrected chi connectivity index (χ1v) is 7.94. The van der Waals surface area contributed by atoms with E-state index >= 15 is 0 Å². The number of hydrogen-bond donors (Lipinski definition) is 2. The second-order valence-electron chi connectivity index (χ2n) is 6.13. The number of hydrazone groups is 1. The maximum Gasteiger partial charge on any atom is 0.259 e. The Balaban J connectivity index is 1.90. The summed E-state index contributed by atoms with van der Waals surface area (Å²) in [7, 11) is 0. The zero-order valence-corrected chi connectivity index (χ0v) is 14.1. The number of nitrogens with zero attached hydrogens (tertiary/aromatic N) is 1.